The molecule has 0 aliphatic heterocycles. The van der Waals surface area contributed by atoms with Crippen LogP contribution in [0.3, 0.4) is 0 Å². The molecule has 0 radical (unpaired) electrons. The Morgan fingerprint density at radius 2 is 1.93 bits per heavy atom. The second-order valence-electron chi connectivity index (χ2n) is 3.72. The lowest BCUT2D eigenvalue weighted by Gasteiger charge is -2.06. The quantitative estimate of drug-likeness (QED) is 0.584. The van der Waals surface area contributed by atoms with Gasteiger partial charge in [-0.1, -0.05) is 29.8 Å². The molecule has 0 aliphatic carbocycles. The van der Waals surface area contributed by atoms with E-state index < -0.39 is 0 Å². The first-order valence-corrected chi connectivity index (χ1v) is 5.52. The number of rotatable bonds is 5. The summed E-state index contributed by atoms with van der Waals surface area (Å²) in [5.41, 5.74) is 2.70. The third kappa shape index (κ3) is 4.64. The summed E-state index contributed by atoms with van der Waals surface area (Å²) < 4.78 is 0. The van der Waals surface area contributed by atoms with Crippen LogP contribution in [0, 0.1) is 6.92 Å². The predicted octanol–water partition coefficient (Wildman–Crippen LogP) is 2.75. The Morgan fingerprint density at radius 1 is 1.29 bits per heavy atom. The lowest BCUT2D eigenvalue weighted by Crippen LogP contribution is -2.23. The number of benzene rings is 1. The number of aryl methyl sites for hydroxylation is 1. The molecule has 0 saturated carbocycles. The summed E-state index contributed by atoms with van der Waals surface area (Å²) in [6, 6.07) is 8.67. The summed E-state index contributed by atoms with van der Waals surface area (Å²) in [6.45, 7) is 5.99. The molecule has 0 saturated heterocycles. The van der Waals surface area contributed by atoms with E-state index >= 15 is 0 Å². The molecular formula is C12H18ClN. The molecule has 0 bridgehead atoms. The first-order chi connectivity index (χ1) is 6.68. The normalized spacial score (nSPS) is 12.8. The van der Waals surface area contributed by atoms with Crippen LogP contribution in [-0.4, -0.2) is 18.5 Å². The number of halogens is 1. The number of hydrogen-bond donors (Lipinski definition) is 1. The van der Waals surface area contributed by atoms with Gasteiger partial charge in [-0.2, -0.15) is 0 Å². The van der Waals surface area contributed by atoms with Gasteiger partial charge >= 0.3 is 0 Å². The number of alkyl halides is 1. The molecule has 1 atom stereocenters. The van der Waals surface area contributed by atoms with E-state index in [9.17, 15) is 0 Å². The molecule has 0 aliphatic rings. The molecule has 0 heterocycles. The van der Waals surface area contributed by atoms with Gasteiger partial charge in [-0.25, -0.2) is 0 Å². The second kappa shape index (κ2) is 6.05. The average molecular weight is 212 g/mol. The number of hydrogen-bond acceptors (Lipinski definition) is 1. The Labute approximate surface area is 91.5 Å². The van der Waals surface area contributed by atoms with E-state index in [0.717, 1.165) is 19.5 Å². The monoisotopic (exact) mass is 211 g/mol. The molecule has 0 spiro atoms. The SMILES string of the molecule is Cc1ccc(CCNCC(C)Cl)cc1. The first-order valence-electron chi connectivity index (χ1n) is 5.09. The summed E-state index contributed by atoms with van der Waals surface area (Å²) in [7, 11) is 0. The molecule has 1 aromatic carbocycles. The van der Waals surface area contributed by atoms with Crippen LogP contribution in [0.15, 0.2) is 24.3 Å². The Bertz CT molecular complexity index is 254. The van der Waals surface area contributed by atoms with Gasteiger partial charge in [0.1, 0.15) is 0 Å². The van der Waals surface area contributed by atoms with Crippen molar-refractivity contribution < 1.29 is 0 Å². The summed E-state index contributed by atoms with van der Waals surface area (Å²) in [6.07, 6.45) is 1.07. The van der Waals surface area contributed by atoms with Crippen molar-refractivity contribution in [1.82, 2.24) is 5.32 Å². The third-order valence-electron chi connectivity index (χ3n) is 2.14. The third-order valence-corrected chi connectivity index (χ3v) is 2.29. The Hall–Kier alpha value is -0.530. The van der Waals surface area contributed by atoms with E-state index in [4.69, 9.17) is 11.6 Å². The summed E-state index contributed by atoms with van der Waals surface area (Å²) in [5.74, 6) is 0. The molecule has 78 valence electrons. The zero-order chi connectivity index (χ0) is 10.4. The largest absolute Gasteiger partial charge is 0.315 e. The molecule has 1 N–H and O–H groups in total. The van der Waals surface area contributed by atoms with Crippen LogP contribution in [-0.2, 0) is 6.42 Å². The van der Waals surface area contributed by atoms with Gasteiger partial charge < -0.3 is 5.32 Å². The van der Waals surface area contributed by atoms with Crippen LogP contribution in [0.1, 0.15) is 18.1 Å². The Kier molecular flexibility index (Phi) is 4.99. The van der Waals surface area contributed by atoms with E-state index in [1.807, 2.05) is 6.92 Å². The van der Waals surface area contributed by atoms with Crippen LogP contribution >= 0.6 is 11.6 Å². The van der Waals surface area contributed by atoms with E-state index in [-0.39, 0.29) is 5.38 Å². The lowest BCUT2D eigenvalue weighted by molar-refractivity contribution is 0.675. The van der Waals surface area contributed by atoms with Crippen molar-refractivity contribution in [3.05, 3.63) is 35.4 Å². The maximum Gasteiger partial charge on any atom is 0.0432 e. The number of nitrogens with one attached hydrogen (secondary N) is 1. The van der Waals surface area contributed by atoms with Crippen LogP contribution in [0.2, 0.25) is 0 Å². The van der Waals surface area contributed by atoms with Gasteiger partial charge in [-0.15, -0.1) is 11.6 Å². The summed E-state index contributed by atoms with van der Waals surface area (Å²) >= 11 is 5.82. The van der Waals surface area contributed by atoms with Gasteiger partial charge in [-0.05, 0) is 32.4 Å². The van der Waals surface area contributed by atoms with Gasteiger partial charge in [0, 0.05) is 11.9 Å². The van der Waals surface area contributed by atoms with Gasteiger partial charge in [-0.3, -0.25) is 0 Å². The van der Waals surface area contributed by atoms with Crippen molar-refractivity contribution >= 4 is 11.6 Å². The highest BCUT2D eigenvalue weighted by molar-refractivity contribution is 6.20. The van der Waals surface area contributed by atoms with E-state index in [0.29, 0.717) is 0 Å². The molecule has 1 nitrogen and oxygen atoms in total. The maximum absolute atomic E-state index is 5.82. The van der Waals surface area contributed by atoms with Crippen molar-refractivity contribution in [1.29, 1.82) is 0 Å². The topological polar surface area (TPSA) is 12.0 Å². The molecule has 0 amide bonds. The fraction of sp³-hybridized carbons (Fsp3) is 0.500. The zero-order valence-electron chi connectivity index (χ0n) is 8.89. The van der Waals surface area contributed by atoms with Crippen molar-refractivity contribution in [2.24, 2.45) is 0 Å². The smallest absolute Gasteiger partial charge is 0.0432 e. The maximum atomic E-state index is 5.82. The van der Waals surface area contributed by atoms with Gasteiger partial charge in [0.15, 0.2) is 0 Å². The van der Waals surface area contributed by atoms with Gasteiger partial charge in [0.2, 0.25) is 0 Å². The fourth-order valence-electron chi connectivity index (χ4n) is 1.29. The van der Waals surface area contributed by atoms with E-state index in [1.54, 1.807) is 0 Å². The lowest BCUT2D eigenvalue weighted by atomic mass is 10.1. The second-order valence-corrected chi connectivity index (χ2v) is 4.47. The van der Waals surface area contributed by atoms with E-state index in [2.05, 4.69) is 36.5 Å². The standard InChI is InChI=1S/C12H18ClN/c1-10-3-5-12(6-4-10)7-8-14-9-11(2)13/h3-6,11,14H,7-9H2,1-2H3. The van der Waals surface area contributed by atoms with Crippen LogP contribution in [0.4, 0.5) is 0 Å². The van der Waals surface area contributed by atoms with Crippen molar-refractivity contribution in [2.75, 3.05) is 13.1 Å². The summed E-state index contributed by atoms with van der Waals surface area (Å²) in [5, 5.41) is 3.53. The van der Waals surface area contributed by atoms with Crippen molar-refractivity contribution in [3.63, 3.8) is 0 Å². The van der Waals surface area contributed by atoms with Gasteiger partial charge in [0.05, 0.1) is 0 Å². The first kappa shape index (κ1) is 11.5. The van der Waals surface area contributed by atoms with Crippen LogP contribution in [0.25, 0.3) is 0 Å². The molecule has 1 rings (SSSR count). The van der Waals surface area contributed by atoms with E-state index in [1.165, 1.54) is 11.1 Å². The predicted molar refractivity (Wildman–Crippen MR) is 63.1 cm³/mol. The van der Waals surface area contributed by atoms with Crippen LogP contribution in [0.5, 0.6) is 0 Å². The minimum absolute atomic E-state index is 0.216. The highest BCUT2D eigenvalue weighted by Gasteiger charge is 1.95. The average Bonchev–Trinajstić information content (AvgIpc) is 2.15. The Morgan fingerprint density at radius 3 is 2.50 bits per heavy atom. The molecule has 2 heteroatoms. The minimum Gasteiger partial charge on any atom is -0.315 e. The Balaban J connectivity index is 2.21. The highest BCUT2D eigenvalue weighted by Crippen LogP contribution is 2.03. The van der Waals surface area contributed by atoms with Crippen molar-refractivity contribution in [3.8, 4) is 0 Å². The molecule has 14 heavy (non-hydrogen) atoms. The molecule has 1 unspecified atom stereocenters. The highest BCUT2D eigenvalue weighted by atomic mass is 35.5. The molecule has 0 aromatic heterocycles. The molecule has 1 aromatic rings. The fourth-order valence-corrected chi connectivity index (χ4v) is 1.40. The molecular weight excluding hydrogens is 194 g/mol. The van der Waals surface area contributed by atoms with Gasteiger partial charge in [0.25, 0.3) is 0 Å². The minimum atomic E-state index is 0.216. The summed E-state index contributed by atoms with van der Waals surface area (Å²) in [4.78, 5) is 0. The zero-order valence-corrected chi connectivity index (χ0v) is 9.64. The molecule has 0 fully saturated rings. The van der Waals surface area contributed by atoms with Crippen LogP contribution < -0.4 is 5.32 Å². The van der Waals surface area contributed by atoms with Crippen molar-refractivity contribution in [2.45, 2.75) is 25.6 Å².